The van der Waals surface area contributed by atoms with Crippen LogP contribution in [-0.2, 0) is 4.74 Å². The van der Waals surface area contributed by atoms with Crippen molar-refractivity contribution in [2.75, 3.05) is 6.61 Å². The maximum absolute atomic E-state index is 5.73. The molecule has 0 N–H and O–H groups in total. The van der Waals surface area contributed by atoms with Gasteiger partial charge >= 0.3 is 0 Å². The molecule has 1 aliphatic heterocycles. The zero-order chi connectivity index (χ0) is 8.93. The minimum atomic E-state index is 0.264. The quantitative estimate of drug-likeness (QED) is 0.594. The molecule has 1 nitrogen and oxygen atoms in total. The van der Waals surface area contributed by atoms with Crippen molar-refractivity contribution in [2.24, 2.45) is 0 Å². The predicted molar refractivity (Wildman–Crippen MR) is 53.5 cm³/mol. The Bertz CT molecular complexity index is 276. The van der Waals surface area contributed by atoms with E-state index in [4.69, 9.17) is 4.74 Å². The topological polar surface area (TPSA) is 9.23 Å². The van der Waals surface area contributed by atoms with Gasteiger partial charge in [0.25, 0.3) is 0 Å². The summed E-state index contributed by atoms with van der Waals surface area (Å²) >= 11 is 0. The summed E-state index contributed by atoms with van der Waals surface area (Å²) in [4.78, 5) is 0. The SMILES string of the molecule is C1=CCC(c2ccccc2)OCC1. The van der Waals surface area contributed by atoms with Crippen molar-refractivity contribution < 1.29 is 4.74 Å². The molecule has 1 atom stereocenters. The standard InChI is InChI=1S/C12H14O/c1-3-7-11(8-4-1)12-9-5-2-6-10-13-12/h1-5,7-8,12H,6,9-10H2. The number of hydrogen-bond donors (Lipinski definition) is 0. The highest BCUT2D eigenvalue weighted by Crippen LogP contribution is 2.23. The minimum absolute atomic E-state index is 0.264. The second-order valence-electron chi connectivity index (χ2n) is 3.27. The lowest BCUT2D eigenvalue weighted by Crippen LogP contribution is -2.02. The Balaban J connectivity index is 2.12. The zero-order valence-corrected chi connectivity index (χ0v) is 7.65. The summed E-state index contributed by atoms with van der Waals surface area (Å²) in [7, 11) is 0. The van der Waals surface area contributed by atoms with Crippen LogP contribution in [0.15, 0.2) is 42.5 Å². The van der Waals surface area contributed by atoms with Crippen LogP contribution in [0.2, 0.25) is 0 Å². The van der Waals surface area contributed by atoms with E-state index in [0.717, 1.165) is 19.4 Å². The van der Waals surface area contributed by atoms with Gasteiger partial charge in [-0.2, -0.15) is 0 Å². The van der Waals surface area contributed by atoms with Gasteiger partial charge in [-0.3, -0.25) is 0 Å². The lowest BCUT2D eigenvalue weighted by molar-refractivity contribution is 0.0621. The normalized spacial score (nSPS) is 22.6. The molecule has 2 rings (SSSR count). The van der Waals surface area contributed by atoms with Gasteiger partial charge in [-0.25, -0.2) is 0 Å². The van der Waals surface area contributed by atoms with Crippen molar-refractivity contribution in [3.8, 4) is 0 Å². The summed E-state index contributed by atoms with van der Waals surface area (Å²) in [5.41, 5.74) is 1.29. The van der Waals surface area contributed by atoms with E-state index in [1.165, 1.54) is 5.56 Å². The smallest absolute Gasteiger partial charge is 0.0859 e. The van der Waals surface area contributed by atoms with Crippen LogP contribution >= 0.6 is 0 Å². The first kappa shape index (κ1) is 8.52. The van der Waals surface area contributed by atoms with Crippen molar-refractivity contribution in [1.29, 1.82) is 0 Å². The zero-order valence-electron chi connectivity index (χ0n) is 7.65. The number of benzene rings is 1. The first-order valence-electron chi connectivity index (χ1n) is 4.78. The van der Waals surface area contributed by atoms with Crippen LogP contribution in [-0.4, -0.2) is 6.61 Å². The van der Waals surface area contributed by atoms with E-state index >= 15 is 0 Å². The Kier molecular flexibility index (Phi) is 2.78. The third kappa shape index (κ3) is 2.19. The fourth-order valence-corrected chi connectivity index (χ4v) is 1.58. The number of rotatable bonds is 1. The van der Waals surface area contributed by atoms with Gasteiger partial charge in [0, 0.05) is 0 Å². The third-order valence-electron chi connectivity index (χ3n) is 2.29. The molecule has 0 saturated carbocycles. The van der Waals surface area contributed by atoms with Crippen LogP contribution < -0.4 is 0 Å². The van der Waals surface area contributed by atoms with E-state index < -0.39 is 0 Å². The molecule has 0 aliphatic carbocycles. The molecule has 0 spiro atoms. The molecule has 13 heavy (non-hydrogen) atoms. The second-order valence-corrected chi connectivity index (χ2v) is 3.27. The summed E-state index contributed by atoms with van der Waals surface area (Å²) in [6.45, 7) is 0.843. The van der Waals surface area contributed by atoms with E-state index in [1.54, 1.807) is 0 Å². The number of ether oxygens (including phenoxy) is 1. The molecule has 1 aromatic carbocycles. The Morgan fingerprint density at radius 1 is 1.08 bits per heavy atom. The van der Waals surface area contributed by atoms with Gasteiger partial charge in [0.15, 0.2) is 0 Å². The summed E-state index contributed by atoms with van der Waals surface area (Å²) in [6.07, 6.45) is 6.72. The maximum atomic E-state index is 5.73. The van der Waals surface area contributed by atoms with Gasteiger partial charge < -0.3 is 4.74 Å². The van der Waals surface area contributed by atoms with E-state index in [1.807, 2.05) is 6.07 Å². The molecule has 1 heteroatoms. The van der Waals surface area contributed by atoms with Gasteiger partial charge in [-0.1, -0.05) is 42.5 Å². The van der Waals surface area contributed by atoms with E-state index in [2.05, 4.69) is 36.4 Å². The summed E-state index contributed by atoms with van der Waals surface area (Å²) in [6, 6.07) is 10.4. The fourth-order valence-electron chi connectivity index (χ4n) is 1.58. The van der Waals surface area contributed by atoms with Crippen LogP contribution in [0.3, 0.4) is 0 Å². The summed E-state index contributed by atoms with van der Waals surface area (Å²) in [5.74, 6) is 0. The summed E-state index contributed by atoms with van der Waals surface area (Å²) < 4.78 is 5.73. The van der Waals surface area contributed by atoms with Gasteiger partial charge in [0.2, 0.25) is 0 Å². The third-order valence-corrected chi connectivity index (χ3v) is 2.29. The predicted octanol–water partition coefficient (Wildman–Crippen LogP) is 3.09. The highest BCUT2D eigenvalue weighted by Gasteiger charge is 2.10. The molecule has 1 aromatic rings. The van der Waals surface area contributed by atoms with Gasteiger partial charge in [0.1, 0.15) is 0 Å². The van der Waals surface area contributed by atoms with Crippen molar-refractivity contribution in [1.82, 2.24) is 0 Å². The average Bonchev–Trinajstić information content (AvgIpc) is 2.47. The molecule has 0 fully saturated rings. The van der Waals surface area contributed by atoms with E-state index in [0.29, 0.717) is 0 Å². The number of hydrogen-bond acceptors (Lipinski definition) is 1. The maximum Gasteiger partial charge on any atom is 0.0859 e. The summed E-state index contributed by atoms with van der Waals surface area (Å²) in [5, 5.41) is 0. The molecule has 1 unspecified atom stereocenters. The largest absolute Gasteiger partial charge is 0.373 e. The fraction of sp³-hybridized carbons (Fsp3) is 0.333. The molecule has 0 amide bonds. The molecule has 0 radical (unpaired) electrons. The van der Waals surface area contributed by atoms with Crippen LogP contribution in [0.25, 0.3) is 0 Å². The lowest BCUT2D eigenvalue weighted by Gasteiger charge is -2.14. The van der Waals surface area contributed by atoms with Crippen molar-refractivity contribution >= 4 is 0 Å². The van der Waals surface area contributed by atoms with Gasteiger partial charge in [-0.15, -0.1) is 0 Å². The molecular formula is C12H14O. The molecule has 1 aliphatic rings. The first-order valence-corrected chi connectivity index (χ1v) is 4.78. The van der Waals surface area contributed by atoms with Gasteiger partial charge in [0.05, 0.1) is 12.7 Å². The second kappa shape index (κ2) is 4.24. The van der Waals surface area contributed by atoms with Crippen molar-refractivity contribution in [3.63, 3.8) is 0 Å². The Labute approximate surface area is 79.0 Å². The van der Waals surface area contributed by atoms with Crippen LogP contribution in [0.1, 0.15) is 24.5 Å². The first-order chi connectivity index (χ1) is 6.47. The van der Waals surface area contributed by atoms with Crippen molar-refractivity contribution in [3.05, 3.63) is 48.0 Å². The van der Waals surface area contributed by atoms with Crippen molar-refractivity contribution in [2.45, 2.75) is 18.9 Å². The lowest BCUT2D eigenvalue weighted by atomic mass is 10.1. The van der Waals surface area contributed by atoms with E-state index in [9.17, 15) is 0 Å². The minimum Gasteiger partial charge on any atom is -0.373 e. The molecule has 0 saturated heterocycles. The highest BCUT2D eigenvalue weighted by molar-refractivity contribution is 5.18. The average molecular weight is 174 g/mol. The van der Waals surface area contributed by atoms with Gasteiger partial charge in [-0.05, 0) is 18.4 Å². The van der Waals surface area contributed by atoms with E-state index in [-0.39, 0.29) is 6.10 Å². The molecule has 1 heterocycles. The molecule has 0 bridgehead atoms. The monoisotopic (exact) mass is 174 g/mol. The van der Waals surface area contributed by atoms with Crippen LogP contribution in [0.4, 0.5) is 0 Å². The highest BCUT2D eigenvalue weighted by atomic mass is 16.5. The molecule has 0 aromatic heterocycles. The Morgan fingerprint density at radius 3 is 2.77 bits per heavy atom. The molecular weight excluding hydrogens is 160 g/mol. The van der Waals surface area contributed by atoms with Crippen LogP contribution in [0.5, 0.6) is 0 Å². The van der Waals surface area contributed by atoms with Crippen LogP contribution in [0, 0.1) is 0 Å². The molecule has 68 valence electrons. The Hall–Kier alpha value is -1.08. The Morgan fingerprint density at radius 2 is 1.92 bits per heavy atom.